The van der Waals surface area contributed by atoms with Gasteiger partial charge in [0.25, 0.3) is 0 Å². The van der Waals surface area contributed by atoms with E-state index < -0.39 is 0 Å². The highest BCUT2D eigenvalue weighted by Gasteiger charge is 2.31. The predicted molar refractivity (Wildman–Crippen MR) is 67.8 cm³/mol. The molecule has 0 saturated heterocycles. The Labute approximate surface area is 100.0 Å². The summed E-state index contributed by atoms with van der Waals surface area (Å²) in [5.74, 6) is 0. The highest BCUT2D eigenvalue weighted by Crippen LogP contribution is 2.22. The summed E-state index contributed by atoms with van der Waals surface area (Å²) in [6.45, 7) is 8.05. The molecule has 4 heteroatoms. The standard InChI is InChI=1S/C12H28N2O2/c1-11(2,16-6)9-12(3,10-15)13-7-8-14(4)5/h13,15H,7-10H2,1-6H3. The average Bonchev–Trinajstić information content (AvgIpc) is 2.16. The second kappa shape index (κ2) is 6.55. The van der Waals surface area contributed by atoms with Gasteiger partial charge in [-0.2, -0.15) is 0 Å². The third kappa shape index (κ3) is 6.43. The highest BCUT2D eigenvalue weighted by atomic mass is 16.5. The molecule has 0 aliphatic carbocycles. The predicted octanol–water partition coefficient (Wildman–Crippen LogP) is 0.704. The average molecular weight is 232 g/mol. The van der Waals surface area contributed by atoms with Crippen LogP contribution >= 0.6 is 0 Å². The maximum absolute atomic E-state index is 9.48. The van der Waals surface area contributed by atoms with Crippen molar-refractivity contribution in [1.29, 1.82) is 0 Å². The lowest BCUT2D eigenvalue weighted by atomic mass is 9.88. The van der Waals surface area contributed by atoms with E-state index in [-0.39, 0.29) is 17.7 Å². The first-order valence-corrected chi connectivity index (χ1v) is 5.80. The summed E-state index contributed by atoms with van der Waals surface area (Å²) in [6.07, 6.45) is 0.778. The van der Waals surface area contributed by atoms with Crippen LogP contribution in [-0.2, 0) is 4.74 Å². The molecule has 0 amide bonds. The van der Waals surface area contributed by atoms with Gasteiger partial charge in [0.05, 0.1) is 12.2 Å². The number of aliphatic hydroxyl groups is 1. The first-order valence-electron chi connectivity index (χ1n) is 5.80. The van der Waals surface area contributed by atoms with Crippen molar-refractivity contribution in [3.63, 3.8) is 0 Å². The lowest BCUT2D eigenvalue weighted by Crippen LogP contribution is -2.52. The largest absolute Gasteiger partial charge is 0.394 e. The number of nitrogens with zero attached hydrogens (tertiary/aromatic N) is 1. The Morgan fingerprint density at radius 2 is 1.81 bits per heavy atom. The van der Waals surface area contributed by atoms with Crippen LogP contribution < -0.4 is 5.32 Å². The minimum absolute atomic E-state index is 0.118. The second-order valence-electron chi connectivity index (χ2n) is 5.59. The first kappa shape index (κ1) is 15.8. The molecule has 0 aromatic heterocycles. The molecule has 1 atom stereocenters. The molecule has 0 aliphatic heterocycles. The van der Waals surface area contributed by atoms with E-state index >= 15 is 0 Å². The summed E-state index contributed by atoms with van der Waals surface area (Å²) in [5.41, 5.74) is -0.502. The van der Waals surface area contributed by atoms with Gasteiger partial charge in [-0.3, -0.25) is 0 Å². The molecule has 0 rings (SSSR count). The Hall–Kier alpha value is -0.160. The third-order valence-corrected chi connectivity index (χ3v) is 2.83. The monoisotopic (exact) mass is 232 g/mol. The molecule has 0 spiro atoms. The smallest absolute Gasteiger partial charge is 0.0641 e. The molecule has 0 aliphatic rings. The van der Waals surface area contributed by atoms with Crippen molar-refractivity contribution in [2.75, 3.05) is 40.9 Å². The fourth-order valence-electron chi connectivity index (χ4n) is 1.77. The molecule has 0 radical (unpaired) electrons. The van der Waals surface area contributed by atoms with Gasteiger partial charge in [-0.15, -0.1) is 0 Å². The summed E-state index contributed by atoms with van der Waals surface area (Å²) in [7, 11) is 5.78. The van der Waals surface area contributed by atoms with E-state index in [1.807, 2.05) is 34.9 Å². The second-order valence-corrected chi connectivity index (χ2v) is 5.59. The van der Waals surface area contributed by atoms with Gasteiger partial charge in [-0.25, -0.2) is 0 Å². The maximum Gasteiger partial charge on any atom is 0.0641 e. The molecule has 0 aromatic rings. The van der Waals surface area contributed by atoms with Crippen LogP contribution in [-0.4, -0.2) is 62.0 Å². The van der Waals surface area contributed by atoms with Crippen molar-refractivity contribution in [3.05, 3.63) is 0 Å². The van der Waals surface area contributed by atoms with E-state index in [0.717, 1.165) is 19.5 Å². The zero-order chi connectivity index (χ0) is 12.8. The van der Waals surface area contributed by atoms with Gasteiger partial charge < -0.3 is 20.1 Å². The zero-order valence-corrected chi connectivity index (χ0v) is 11.6. The Balaban J connectivity index is 4.20. The van der Waals surface area contributed by atoms with E-state index in [1.54, 1.807) is 7.11 Å². The maximum atomic E-state index is 9.48. The quantitative estimate of drug-likeness (QED) is 0.647. The molecular weight excluding hydrogens is 204 g/mol. The lowest BCUT2D eigenvalue weighted by Gasteiger charge is -2.36. The summed E-state index contributed by atoms with van der Waals surface area (Å²) in [6, 6.07) is 0. The molecule has 0 heterocycles. The van der Waals surface area contributed by atoms with Gasteiger partial charge >= 0.3 is 0 Å². The minimum atomic E-state index is -0.282. The van der Waals surface area contributed by atoms with Crippen LogP contribution in [0.5, 0.6) is 0 Å². The van der Waals surface area contributed by atoms with Crippen LogP contribution in [0.15, 0.2) is 0 Å². The van der Waals surface area contributed by atoms with Crippen LogP contribution in [0, 0.1) is 0 Å². The van der Waals surface area contributed by atoms with Gasteiger partial charge in [0.2, 0.25) is 0 Å². The van der Waals surface area contributed by atoms with Crippen molar-refractivity contribution in [2.24, 2.45) is 0 Å². The molecule has 98 valence electrons. The lowest BCUT2D eigenvalue weighted by molar-refractivity contribution is -0.0163. The van der Waals surface area contributed by atoms with Crippen LogP contribution in [0.1, 0.15) is 27.2 Å². The summed E-state index contributed by atoms with van der Waals surface area (Å²) in [4.78, 5) is 2.12. The fourth-order valence-corrected chi connectivity index (χ4v) is 1.77. The number of hydrogen-bond donors (Lipinski definition) is 2. The van der Waals surface area contributed by atoms with Crippen molar-refractivity contribution in [3.8, 4) is 0 Å². The molecule has 16 heavy (non-hydrogen) atoms. The number of aliphatic hydroxyl groups excluding tert-OH is 1. The van der Waals surface area contributed by atoms with Crippen molar-refractivity contribution < 1.29 is 9.84 Å². The molecule has 0 fully saturated rings. The van der Waals surface area contributed by atoms with Crippen LogP contribution in [0.2, 0.25) is 0 Å². The molecule has 2 N–H and O–H groups in total. The minimum Gasteiger partial charge on any atom is -0.394 e. The van der Waals surface area contributed by atoms with Crippen LogP contribution in [0.3, 0.4) is 0 Å². The third-order valence-electron chi connectivity index (χ3n) is 2.83. The number of nitrogens with one attached hydrogen (secondary N) is 1. The normalized spacial score (nSPS) is 16.5. The summed E-state index contributed by atoms with van der Waals surface area (Å²) >= 11 is 0. The molecule has 0 aromatic carbocycles. The van der Waals surface area contributed by atoms with Gasteiger partial charge in [-0.1, -0.05) is 0 Å². The highest BCUT2D eigenvalue weighted by molar-refractivity contribution is 4.89. The summed E-state index contributed by atoms with van der Waals surface area (Å²) < 4.78 is 5.40. The Kier molecular flexibility index (Phi) is 6.48. The SMILES string of the molecule is COC(C)(C)CC(C)(CO)NCCN(C)C. The molecule has 1 unspecified atom stereocenters. The number of hydrogen-bond acceptors (Lipinski definition) is 4. The van der Waals surface area contributed by atoms with Gasteiger partial charge in [0, 0.05) is 25.7 Å². The molecule has 0 bridgehead atoms. The van der Waals surface area contributed by atoms with Crippen molar-refractivity contribution in [2.45, 2.75) is 38.3 Å². The Morgan fingerprint density at radius 3 is 2.19 bits per heavy atom. The first-order chi connectivity index (χ1) is 7.24. The Bertz CT molecular complexity index is 195. The van der Waals surface area contributed by atoms with Gasteiger partial charge in [-0.05, 0) is 41.3 Å². The Morgan fingerprint density at radius 1 is 1.25 bits per heavy atom. The van der Waals surface area contributed by atoms with E-state index in [4.69, 9.17) is 4.74 Å². The topological polar surface area (TPSA) is 44.7 Å². The number of rotatable bonds is 8. The number of likely N-dealkylation sites (N-methyl/N-ethyl adjacent to an activating group) is 1. The fraction of sp³-hybridized carbons (Fsp3) is 1.00. The number of methoxy groups -OCH3 is 1. The molecule has 4 nitrogen and oxygen atoms in total. The molecular formula is C12H28N2O2. The van der Waals surface area contributed by atoms with Crippen molar-refractivity contribution in [1.82, 2.24) is 10.2 Å². The van der Waals surface area contributed by atoms with Gasteiger partial charge in [0.15, 0.2) is 0 Å². The van der Waals surface area contributed by atoms with E-state index in [9.17, 15) is 5.11 Å². The van der Waals surface area contributed by atoms with Crippen LogP contribution in [0.25, 0.3) is 0 Å². The molecule has 0 saturated carbocycles. The number of ether oxygens (including phenoxy) is 1. The van der Waals surface area contributed by atoms with Gasteiger partial charge in [0.1, 0.15) is 0 Å². The van der Waals surface area contributed by atoms with E-state index in [1.165, 1.54) is 0 Å². The summed E-state index contributed by atoms with van der Waals surface area (Å²) in [5, 5.41) is 12.9. The van der Waals surface area contributed by atoms with Crippen LogP contribution in [0.4, 0.5) is 0 Å². The van der Waals surface area contributed by atoms with E-state index in [2.05, 4.69) is 10.2 Å². The van der Waals surface area contributed by atoms with Crippen molar-refractivity contribution >= 4 is 0 Å². The van der Waals surface area contributed by atoms with E-state index in [0.29, 0.717) is 0 Å². The zero-order valence-electron chi connectivity index (χ0n) is 11.6.